The van der Waals surface area contributed by atoms with Crippen LogP contribution in [0.2, 0.25) is 0 Å². The van der Waals surface area contributed by atoms with Crippen molar-refractivity contribution in [3.05, 3.63) is 17.6 Å². The number of nitrogens with one attached hydrogen (secondary N) is 1. The van der Waals surface area contributed by atoms with E-state index in [2.05, 4.69) is 35.2 Å². The Hall–Kier alpha value is -1.12. The molecule has 1 fully saturated rings. The first kappa shape index (κ1) is 12.3. The molecule has 3 nitrogen and oxygen atoms in total. The van der Waals surface area contributed by atoms with Crippen LogP contribution in [0.3, 0.4) is 0 Å². The average Bonchev–Trinajstić information content (AvgIpc) is 3.18. The van der Waals surface area contributed by atoms with E-state index in [1.807, 2.05) is 0 Å². The summed E-state index contributed by atoms with van der Waals surface area (Å²) >= 11 is 0. The van der Waals surface area contributed by atoms with Crippen LogP contribution >= 0.6 is 0 Å². The summed E-state index contributed by atoms with van der Waals surface area (Å²) in [5, 5.41) is 3.38. The Labute approximate surface area is 104 Å². The molecule has 0 amide bonds. The summed E-state index contributed by atoms with van der Waals surface area (Å²) in [4.78, 5) is 9.29. The molecule has 94 valence electrons. The van der Waals surface area contributed by atoms with E-state index in [-0.39, 0.29) is 0 Å². The van der Waals surface area contributed by atoms with Crippen molar-refractivity contribution >= 4 is 5.82 Å². The molecule has 1 N–H and O–H groups in total. The largest absolute Gasteiger partial charge is 0.370 e. The second kappa shape index (κ2) is 5.99. The van der Waals surface area contributed by atoms with E-state index in [0.717, 1.165) is 31.0 Å². The van der Waals surface area contributed by atoms with Crippen molar-refractivity contribution in [3.8, 4) is 0 Å². The normalized spacial score (nSPS) is 14.9. The van der Waals surface area contributed by atoms with Gasteiger partial charge in [-0.2, -0.15) is 0 Å². The van der Waals surface area contributed by atoms with Gasteiger partial charge in [-0.15, -0.1) is 0 Å². The third kappa shape index (κ3) is 3.69. The third-order valence-electron chi connectivity index (χ3n) is 3.10. The first-order chi connectivity index (χ1) is 8.33. The molecular weight excluding hydrogens is 210 g/mol. The summed E-state index contributed by atoms with van der Waals surface area (Å²) in [5.41, 5.74) is 1.25. The molecule has 0 atom stereocenters. The highest BCUT2D eigenvalue weighted by Crippen LogP contribution is 2.39. The lowest BCUT2D eigenvalue weighted by atomic mass is 10.2. The first-order valence-corrected chi connectivity index (χ1v) is 6.95. The van der Waals surface area contributed by atoms with Gasteiger partial charge in [0.15, 0.2) is 0 Å². The molecule has 0 saturated heterocycles. The van der Waals surface area contributed by atoms with Crippen LogP contribution < -0.4 is 5.32 Å². The van der Waals surface area contributed by atoms with Crippen LogP contribution in [0.1, 0.15) is 63.4 Å². The molecule has 1 saturated carbocycles. The minimum atomic E-state index is 0.709. The summed E-state index contributed by atoms with van der Waals surface area (Å²) in [7, 11) is 0. The number of aromatic nitrogens is 2. The monoisotopic (exact) mass is 233 g/mol. The van der Waals surface area contributed by atoms with Gasteiger partial charge in [0.1, 0.15) is 11.6 Å². The predicted molar refractivity (Wildman–Crippen MR) is 71.4 cm³/mol. The molecule has 0 spiro atoms. The third-order valence-corrected chi connectivity index (χ3v) is 3.10. The zero-order chi connectivity index (χ0) is 12.1. The van der Waals surface area contributed by atoms with Gasteiger partial charge in [0.05, 0.1) is 0 Å². The fourth-order valence-corrected chi connectivity index (χ4v) is 1.90. The van der Waals surface area contributed by atoms with Crippen LogP contribution in [-0.2, 0) is 6.42 Å². The second-order valence-corrected chi connectivity index (χ2v) is 4.90. The topological polar surface area (TPSA) is 37.8 Å². The Balaban J connectivity index is 2.10. The number of aryl methyl sites for hydroxylation is 1. The van der Waals surface area contributed by atoms with Crippen LogP contribution in [0.5, 0.6) is 0 Å². The lowest BCUT2D eigenvalue weighted by Gasteiger charge is -2.08. The van der Waals surface area contributed by atoms with Gasteiger partial charge < -0.3 is 5.32 Å². The Morgan fingerprint density at radius 3 is 2.71 bits per heavy atom. The first-order valence-electron chi connectivity index (χ1n) is 6.95. The van der Waals surface area contributed by atoms with Crippen molar-refractivity contribution in [2.45, 2.75) is 58.3 Å². The van der Waals surface area contributed by atoms with Crippen molar-refractivity contribution in [2.75, 3.05) is 11.9 Å². The molecule has 17 heavy (non-hydrogen) atoms. The molecule has 0 aliphatic heterocycles. The number of unbranched alkanes of at least 4 members (excludes halogenated alkanes) is 1. The summed E-state index contributed by atoms with van der Waals surface area (Å²) in [6.07, 6.45) is 7.13. The average molecular weight is 233 g/mol. The van der Waals surface area contributed by atoms with Gasteiger partial charge in [-0.25, -0.2) is 9.97 Å². The summed E-state index contributed by atoms with van der Waals surface area (Å²) in [6.45, 7) is 5.38. The quantitative estimate of drug-likeness (QED) is 0.783. The van der Waals surface area contributed by atoms with E-state index < -0.39 is 0 Å². The van der Waals surface area contributed by atoms with Gasteiger partial charge in [0.25, 0.3) is 0 Å². The summed E-state index contributed by atoms with van der Waals surface area (Å²) < 4.78 is 0. The van der Waals surface area contributed by atoms with E-state index in [0.29, 0.717) is 5.92 Å². The molecule has 1 heterocycles. The zero-order valence-corrected chi connectivity index (χ0v) is 11.0. The van der Waals surface area contributed by atoms with Crippen molar-refractivity contribution in [1.82, 2.24) is 9.97 Å². The molecule has 1 aromatic rings. The number of nitrogens with zero attached hydrogens (tertiary/aromatic N) is 2. The minimum absolute atomic E-state index is 0.709. The van der Waals surface area contributed by atoms with Gasteiger partial charge in [0.2, 0.25) is 0 Å². The molecule has 2 rings (SSSR count). The number of rotatable bonds is 7. The Morgan fingerprint density at radius 2 is 2.06 bits per heavy atom. The Kier molecular flexibility index (Phi) is 4.35. The maximum Gasteiger partial charge on any atom is 0.131 e. The fourth-order valence-electron chi connectivity index (χ4n) is 1.90. The SMILES string of the molecule is CCCCc1nc(NCCC)cc(C2CC2)n1. The van der Waals surface area contributed by atoms with E-state index in [4.69, 9.17) is 0 Å². The summed E-state index contributed by atoms with van der Waals surface area (Å²) in [5.74, 6) is 2.75. The Bertz CT molecular complexity index is 332. The van der Waals surface area contributed by atoms with Crippen molar-refractivity contribution < 1.29 is 0 Å². The molecule has 1 aliphatic carbocycles. The highest BCUT2D eigenvalue weighted by Gasteiger charge is 2.26. The maximum absolute atomic E-state index is 4.69. The minimum Gasteiger partial charge on any atom is -0.370 e. The van der Waals surface area contributed by atoms with Gasteiger partial charge in [-0.05, 0) is 25.7 Å². The van der Waals surface area contributed by atoms with Gasteiger partial charge in [0, 0.05) is 30.6 Å². The van der Waals surface area contributed by atoms with E-state index in [1.54, 1.807) is 0 Å². The number of anilines is 1. The second-order valence-electron chi connectivity index (χ2n) is 4.90. The van der Waals surface area contributed by atoms with Crippen LogP contribution in [0.25, 0.3) is 0 Å². The van der Waals surface area contributed by atoms with Crippen LogP contribution in [-0.4, -0.2) is 16.5 Å². The molecule has 1 aliphatic rings. The molecule has 1 aromatic heterocycles. The molecule has 3 heteroatoms. The van der Waals surface area contributed by atoms with Crippen LogP contribution in [0.4, 0.5) is 5.82 Å². The highest BCUT2D eigenvalue weighted by atomic mass is 15.0. The predicted octanol–water partition coefficient (Wildman–Crippen LogP) is 3.52. The fraction of sp³-hybridized carbons (Fsp3) is 0.714. The molecule has 0 radical (unpaired) electrons. The van der Waals surface area contributed by atoms with Crippen LogP contribution in [0.15, 0.2) is 6.07 Å². The highest BCUT2D eigenvalue weighted by molar-refractivity contribution is 5.38. The number of hydrogen-bond acceptors (Lipinski definition) is 3. The summed E-state index contributed by atoms with van der Waals surface area (Å²) in [6, 6.07) is 2.14. The van der Waals surface area contributed by atoms with Gasteiger partial charge >= 0.3 is 0 Å². The molecular formula is C14H23N3. The Morgan fingerprint density at radius 1 is 1.24 bits per heavy atom. The maximum atomic E-state index is 4.69. The zero-order valence-electron chi connectivity index (χ0n) is 11.0. The van der Waals surface area contributed by atoms with Gasteiger partial charge in [-0.3, -0.25) is 0 Å². The van der Waals surface area contributed by atoms with Crippen molar-refractivity contribution in [1.29, 1.82) is 0 Å². The standard InChI is InChI=1S/C14H23N3/c1-3-5-6-13-16-12(11-7-8-11)10-14(17-13)15-9-4-2/h10-11H,3-9H2,1-2H3,(H,15,16,17). The van der Waals surface area contributed by atoms with Gasteiger partial charge in [-0.1, -0.05) is 20.3 Å². The van der Waals surface area contributed by atoms with Crippen LogP contribution in [0, 0.1) is 0 Å². The smallest absolute Gasteiger partial charge is 0.131 e. The molecule has 0 unspecified atom stereocenters. The van der Waals surface area contributed by atoms with Crippen molar-refractivity contribution in [2.24, 2.45) is 0 Å². The lowest BCUT2D eigenvalue weighted by Crippen LogP contribution is -2.07. The van der Waals surface area contributed by atoms with E-state index in [1.165, 1.54) is 31.4 Å². The molecule has 0 bridgehead atoms. The van der Waals surface area contributed by atoms with E-state index in [9.17, 15) is 0 Å². The number of hydrogen-bond donors (Lipinski definition) is 1. The molecule has 0 aromatic carbocycles. The van der Waals surface area contributed by atoms with E-state index >= 15 is 0 Å². The lowest BCUT2D eigenvalue weighted by molar-refractivity contribution is 0.743. The van der Waals surface area contributed by atoms with Crippen molar-refractivity contribution in [3.63, 3.8) is 0 Å².